The summed E-state index contributed by atoms with van der Waals surface area (Å²) in [6, 6.07) is 49.1. The summed E-state index contributed by atoms with van der Waals surface area (Å²) in [6.45, 7) is 0. The minimum atomic E-state index is 0.674. The molecule has 5 heteroatoms. The Morgan fingerprint density at radius 1 is 0.341 bits per heavy atom. The third kappa shape index (κ3) is 4.21. The van der Waals surface area contributed by atoms with Gasteiger partial charge in [-0.25, -0.2) is 15.0 Å². The normalized spacial score (nSPS) is 11.6. The van der Waals surface area contributed by atoms with Gasteiger partial charge in [0, 0.05) is 57.0 Å². The molecule has 3 nitrogen and oxygen atoms in total. The van der Waals surface area contributed by atoms with E-state index in [0.717, 1.165) is 16.7 Å². The van der Waals surface area contributed by atoms with Crippen molar-refractivity contribution in [2.75, 3.05) is 0 Å². The van der Waals surface area contributed by atoms with Gasteiger partial charge in [-0.2, -0.15) is 0 Å². The Kier molecular flexibility index (Phi) is 5.86. The van der Waals surface area contributed by atoms with E-state index in [1.807, 2.05) is 29.5 Å². The molecule has 0 saturated carbocycles. The van der Waals surface area contributed by atoms with E-state index in [1.54, 1.807) is 11.3 Å². The summed E-state index contributed by atoms with van der Waals surface area (Å²) in [4.78, 5) is 15.2. The summed E-state index contributed by atoms with van der Waals surface area (Å²) in [5.41, 5.74) is 5.44. The van der Waals surface area contributed by atoms with Gasteiger partial charge in [0.15, 0.2) is 17.5 Å². The summed E-state index contributed by atoms with van der Waals surface area (Å²) in [6.07, 6.45) is 0. The average Bonchev–Trinajstić information content (AvgIpc) is 3.66. The minimum absolute atomic E-state index is 0.674. The van der Waals surface area contributed by atoms with Gasteiger partial charge in [-0.15, -0.1) is 22.7 Å². The van der Waals surface area contributed by atoms with Crippen molar-refractivity contribution in [1.29, 1.82) is 0 Å². The third-order valence-corrected chi connectivity index (χ3v) is 10.5. The molecule has 9 aromatic rings. The molecule has 0 aliphatic heterocycles. The molecule has 9 rings (SSSR count). The zero-order valence-corrected chi connectivity index (χ0v) is 25.1. The molecule has 0 saturated heterocycles. The largest absolute Gasteiger partial charge is 0.208 e. The first-order valence-corrected chi connectivity index (χ1v) is 16.2. The molecule has 0 atom stereocenters. The molecule has 0 bridgehead atoms. The lowest BCUT2D eigenvalue weighted by molar-refractivity contribution is 1.08. The Hall–Kier alpha value is -5.23. The fourth-order valence-corrected chi connectivity index (χ4v) is 8.39. The van der Waals surface area contributed by atoms with Crippen LogP contribution in [0.2, 0.25) is 0 Å². The van der Waals surface area contributed by atoms with E-state index in [2.05, 4.69) is 121 Å². The molecule has 206 valence electrons. The van der Waals surface area contributed by atoms with E-state index in [-0.39, 0.29) is 0 Å². The second-order valence-electron chi connectivity index (χ2n) is 10.8. The molecule has 0 spiro atoms. The molecule has 0 aliphatic rings. The topological polar surface area (TPSA) is 38.7 Å². The van der Waals surface area contributed by atoms with Crippen LogP contribution in [-0.2, 0) is 0 Å². The van der Waals surface area contributed by atoms with Crippen LogP contribution in [0.5, 0.6) is 0 Å². The number of hydrogen-bond donors (Lipinski definition) is 0. The molecule has 3 aromatic heterocycles. The zero-order chi connectivity index (χ0) is 29.0. The van der Waals surface area contributed by atoms with E-state index in [1.165, 1.54) is 51.5 Å². The molecule has 0 radical (unpaired) electrons. The van der Waals surface area contributed by atoms with Crippen LogP contribution in [0.25, 0.3) is 85.6 Å². The van der Waals surface area contributed by atoms with Crippen molar-refractivity contribution in [3.8, 4) is 45.3 Å². The van der Waals surface area contributed by atoms with Crippen molar-refractivity contribution in [3.63, 3.8) is 0 Å². The maximum Gasteiger partial charge on any atom is 0.165 e. The van der Waals surface area contributed by atoms with E-state index in [0.29, 0.717) is 17.5 Å². The van der Waals surface area contributed by atoms with Crippen LogP contribution < -0.4 is 0 Å². The van der Waals surface area contributed by atoms with E-state index in [9.17, 15) is 0 Å². The van der Waals surface area contributed by atoms with E-state index >= 15 is 0 Å². The summed E-state index contributed by atoms with van der Waals surface area (Å²) in [5.74, 6) is 2.04. The SMILES string of the molecule is c1ccc(-c2ccc3c(c2)sc2cc(-c4nc(-c5ccccc5)nc(-c5cccc6c5sc5ccccc56)n4)ccc23)cc1. The van der Waals surface area contributed by atoms with Gasteiger partial charge in [-0.1, -0.05) is 115 Å². The van der Waals surface area contributed by atoms with Gasteiger partial charge >= 0.3 is 0 Å². The second-order valence-corrected chi connectivity index (χ2v) is 13.0. The van der Waals surface area contributed by atoms with Gasteiger partial charge in [0.1, 0.15) is 0 Å². The number of fused-ring (bicyclic) bond motifs is 6. The van der Waals surface area contributed by atoms with Crippen molar-refractivity contribution >= 4 is 63.0 Å². The van der Waals surface area contributed by atoms with Gasteiger partial charge in [0.2, 0.25) is 0 Å². The highest BCUT2D eigenvalue weighted by Crippen LogP contribution is 2.41. The number of benzene rings is 6. The van der Waals surface area contributed by atoms with E-state index in [4.69, 9.17) is 15.0 Å². The van der Waals surface area contributed by atoms with Gasteiger partial charge in [0.25, 0.3) is 0 Å². The summed E-state index contributed by atoms with van der Waals surface area (Å²) >= 11 is 3.61. The molecule has 0 aliphatic carbocycles. The second kappa shape index (κ2) is 10.2. The van der Waals surface area contributed by atoms with Crippen LogP contribution in [0.1, 0.15) is 0 Å². The van der Waals surface area contributed by atoms with Crippen molar-refractivity contribution < 1.29 is 0 Å². The van der Waals surface area contributed by atoms with Crippen LogP contribution in [0, 0.1) is 0 Å². The predicted molar refractivity (Wildman–Crippen MR) is 187 cm³/mol. The highest BCUT2D eigenvalue weighted by atomic mass is 32.1. The predicted octanol–water partition coefficient (Wildman–Crippen LogP) is 11.3. The average molecular weight is 598 g/mol. The number of nitrogens with zero attached hydrogens (tertiary/aromatic N) is 3. The molecule has 6 aromatic carbocycles. The van der Waals surface area contributed by atoms with Crippen molar-refractivity contribution in [3.05, 3.63) is 140 Å². The maximum atomic E-state index is 5.12. The first-order chi connectivity index (χ1) is 21.8. The number of hydrogen-bond acceptors (Lipinski definition) is 5. The van der Waals surface area contributed by atoms with Crippen molar-refractivity contribution in [2.45, 2.75) is 0 Å². The van der Waals surface area contributed by atoms with Gasteiger partial charge in [-0.3, -0.25) is 0 Å². The Morgan fingerprint density at radius 3 is 1.68 bits per heavy atom. The molecule has 0 fully saturated rings. The quantitative estimate of drug-likeness (QED) is 0.203. The van der Waals surface area contributed by atoms with Crippen LogP contribution in [0.4, 0.5) is 0 Å². The Labute approximate surface area is 261 Å². The third-order valence-electron chi connectivity index (χ3n) is 8.15. The molecular formula is C39H23N3S2. The standard InChI is InChI=1S/C39H23N3S2/c1-3-10-24(11-4-1)26-18-20-29-30-21-19-27(23-35(30)43-34(29)22-26)38-40-37(25-12-5-2-6-13-25)41-39(42-38)32-16-9-15-31-28-14-7-8-17-33(28)44-36(31)32/h1-23H. The van der Waals surface area contributed by atoms with Crippen LogP contribution in [-0.4, -0.2) is 15.0 Å². The lowest BCUT2D eigenvalue weighted by Crippen LogP contribution is -2.00. The molecule has 0 unspecified atom stereocenters. The molecule has 0 N–H and O–H groups in total. The van der Waals surface area contributed by atoms with Crippen molar-refractivity contribution in [1.82, 2.24) is 15.0 Å². The zero-order valence-electron chi connectivity index (χ0n) is 23.4. The van der Waals surface area contributed by atoms with E-state index < -0.39 is 0 Å². The first kappa shape index (κ1) is 25.3. The number of thiophene rings is 2. The first-order valence-electron chi connectivity index (χ1n) is 14.5. The van der Waals surface area contributed by atoms with Crippen molar-refractivity contribution in [2.24, 2.45) is 0 Å². The number of aromatic nitrogens is 3. The molecule has 0 amide bonds. The van der Waals surface area contributed by atoms with Gasteiger partial charge < -0.3 is 0 Å². The van der Waals surface area contributed by atoms with Crippen LogP contribution in [0.15, 0.2) is 140 Å². The lowest BCUT2D eigenvalue weighted by Gasteiger charge is -2.09. The smallest absolute Gasteiger partial charge is 0.165 e. The van der Waals surface area contributed by atoms with Gasteiger partial charge in [0.05, 0.1) is 0 Å². The highest BCUT2D eigenvalue weighted by Gasteiger charge is 2.17. The minimum Gasteiger partial charge on any atom is -0.208 e. The molecular weight excluding hydrogens is 575 g/mol. The summed E-state index contributed by atoms with van der Waals surface area (Å²) in [7, 11) is 0. The summed E-state index contributed by atoms with van der Waals surface area (Å²) < 4.78 is 4.95. The lowest BCUT2D eigenvalue weighted by atomic mass is 10.0. The maximum absolute atomic E-state index is 5.12. The van der Waals surface area contributed by atoms with Gasteiger partial charge in [-0.05, 0) is 35.4 Å². The Morgan fingerprint density at radius 2 is 0.909 bits per heavy atom. The monoisotopic (exact) mass is 597 g/mol. The molecule has 3 heterocycles. The van der Waals surface area contributed by atoms with Crippen LogP contribution >= 0.6 is 22.7 Å². The summed E-state index contributed by atoms with van der Waals surface area (Å²) in [5, 5.41) is 5.01. The highest BCUT2D eigenvalue weighted by molar-refractivity contribution is 7.26. The Bertz CT molecular complexity index is 2500. The molecule has 44 heavy (non-hydrogen) atoms. The Balaban J connectivity index is 1.22. The fraction of sp³-hybridized carbons (Fsp3) is 0. The number of rotatable bonds is 4. The van der Waals surface area contributed by atoms with Crippen LogP contribution in [0.3, 0.4) is 0 Å². The fourth-order valence-electron chi connectivity index (χ4n) is 5.99.